The summed E-state index contributed by atoms with van der Waals surface area (Å²) in [6.45, 7) is 2.17. The molecule has 0 amide bonds. The molecule has 132 valence electrons. The van der Waals surface area contributed by atoms with Gasteiger partial charge in [0.25, 0.3) is 0 Å². The van der Waals surface area contributed by atoms with Gasteiger partial charge in [-0.1, -0.05) is 23.4 Å². The maximum absolute atomic E-state index is 14.2. The Kier molecular flexibility index (Phi) is 4.25. The number of para-hydroxylation sites is 1. The summed E-state index contributed by atoms with van der Waals surface area (Å²) in [7, 11) is 0. The predicted octanol–water partition coefficient (Wildman–Crippen LogP) is 3.47. The molecular weight excluding hydrogens is 343 g/mol. The number of fused-ring (bicyclic) bond motifs is 3. The Morgan fingerprint density at radius 2 is 2.16 bits per heavy atom. The molecule has 25 heavy (non-hydrogen) atoms. The van der Waals surface area contributed by atoms with Crippen molar-refractivity contribution in [2.75, 3.05) is 13.1 Å². The number of hydrogen-bond acceptors (Lipinski definition) is 4. The zero-order chi connectivity index (χ0) is 16.1. The van der Waals surface area contributed by atoms with E-state index in [1.54, 1.807) is 0 Å². The van der Waals surface area contributed by atoms with Gasteiger partial charge in [-0.15, -0.1) is 12.4 Å². The number of nitrogens with one attached hydrogen (secondary N) is 1. The molecule has 1 saturated heterocycles. The number of halogens is 2. The quantitative estimate of drug-likeness (QED) is 0.758. The summed E-state index contributed by atoms with van der Waals surface area (Å²) >= 11 is 0. The molecule has 0 unspecified atom stereocenters. The molecule has 5 nitrogen and oxygen atoms in total. The van der Waals surface area contributed by atoms with Gasteiger partial charge in [-0.05, 0) is 31.9 Å². The van der Waals surface area contributed by atoms with Crippen LogP contribution in [0.4, 0.5) is 4.39 Å². The van der Waals surface area contributed by atoms with E-state index >= 15 is 0 Å². The molecule has 0 aliphatic carbocycles. The molecule has 2 aliphatic rings. The van der Waals surface area contributed by atoms with Gasteiger partial charge in [0.2, 0.25) is 11.7 Å². The van der Waals surface area contributed by atoms with Crippen molar-refractivity contribution in [3.63, 3.8) is 0 Å². The van der Waals surface area contributed by atoms with Crippen molar-refractivity contribution in [2.24, 2.45) is 0 Å². The minimum absolute atomic E-state index is 0. The lowest BCUT2D eigenvalue weighted by Crippen LogP contribution is -2.36. The third-order valence-electron chi connectivity index (χ3n) is 5.26. The molecule has 3 aromatic rings. The predicted molar refractivity (Wildman–Crippen MR) is 95.9 cm³/mol. The van der Waals surface area contributed by atoms with E-state index in [2.05, 4.69) is 38.2 Å². The molecule has 5 rings (SSSR count). The Balaban J connectivity index is 0.00000157. The highest BCUT2D eigenvalue weighted by Crippen LogP contribution is 2.38. The number of rotatable bonds is 2. The number of aryl methyl sites for hydroxylation is 1. The number of alkyl halides is 1. The zero-order valence-corrected chi connectivity index (χ0v) is 14.6. The summed E-state index contributed by atoms with van der Waals surface area (Å²) in [4.78, 5) is 4.60. The second-order valence-corrected chi connectivity index (χ2v) is 6.67. The van der Waals surface area contributed by atoms with Crippen LogP contribution in [0.25, 0.3) is 22.3 Å². The van der Waals surface area contributed by atoms with Crippen LogP contribution in [-0.2, 0) is 13.0 Å². The van der Waals surface area contributed by atoms with Crippen molar-refractivity contribution in [1.29, 1.82) is 0 Å². The van der Waals surface area contributed by atoms with Crippen LogP contribution in [0.1, 0.15) is 30.3 Å². The molecule has 2 atom stereocenters. The van der Waals surface area contributed by atoms with Crippen LogP contribution in [0.2, 0.25) is 0 Å². The maximum atomic E-state index is 14.2. The van der Waals surface area contributed by atoms with Gasteiger partial charge in [-0.25, -0.2) is 4.39 Å². The highest BCUT2D eigenvalue weighted by atomic mass is 35.5. The van der Waals surface area contributed by atoms with E-state index in [1.165, 1.54) is 11.2 Å². The monoisotopic (exact) mass is 362 g/mol. The Labute approximate surface area is 151 Å². The minimum Gasteiger partial charge on any atom is -0.344 e. The molecule has 1 aromatic carbocycles. The summed E-state index contributed by atoms with van der Waals surface area (Å²) < 4.78 is 22.0. The fourth-order valence-corrected chi connectivity index (χ4v) is 4.11. The summed E-state index contributed by atoms with van der Waals surface area (Å²) in [5.74, 6) is 0.734. The molecular formula is C18H20ClFN4O. The summed E-state index contributed by atoms with van der Waals surface area (Å²) in [5.41, 5.74) is 3.55. The van der Waals surface area contributed by atoms with Crippen LogP contribution in [0.5, 0.6) is 0 Å². The Hall–Kier alpha value is -1.92. The number of hydrogen-bond donors (Lipinski definition) is 1. The van der Waals surface area contributed by atoms with Crippen molar-refractivity contribution >= 4 is 23.3 Å². The first kappa shape index (κ1) is 16.5. The second-order valence-electron chi connectivity index (χ2n) is 6.67. The Morgan fingerprint density at radius 3 is 3.04 bits per heavy atom. The molecule has 0 radical (unpaired) electrons. The molecule has 1 N–H and O–H groups in total. The second kappa shape index (κ2) is 6.42. The van der Waals surface area contributed by atoms with Gasteiger partial charge in [0.15, 0.2) is 0 Å². The average Bonchev–Trinajstić information content (AvgIpc) is 3.30. The lowest BCUT2D eigenvalue weighted by Gasteiger charge is -2.23. The smallest absolute Gasteiger partial charge is 0.233 e. The van der Waals surface area contributed by atoms with Gasteiger partial charge < -0.3 is 14.4 Å². The van der Waals surface area contributed by atoms with E-state index in [1.807, 2.05) is 6.07 Å². The molecule has 4 heterocycles. The maximum Gasteiger partial charge on any atom is 0.233 e. The van der Waals surface area contributed by atoms with Crippen LogP contribution < -0.4 is 5.32 Å². The highest BCUT2D eigenvalue weighted by molar-refractivity contribution is 5.96. The van der Waals surface area contributed by atoms with E-state index in [0.717, 1.165) is 36.9 Å². The summed E-state index contributed by atoms with van der Waals surface area (Å²) in [6.07, 6.45) is 1.88. The largest absolute Gasteiger partial charge is 0.344 e. The average molecular weight is 363 g/mol. The first-order valence-corrected chi connectivity index (χ1v) is 8.62. The van der Waals surface area contributed by atoms with Crippen molar-refractivity contribution < 1.29 is 8.91 Å². The van der Waals surface area contributed by atoms with E-state index in [4.69, 9.17) is 4.52 Å². The van der Waals surface area contributed by atoms with Gasteiger partial charge in [-0.2, -0.15) is 4.98 Å². The first-order chi connectivity index (χ1) is 11.8. The van der Waals surface area contributed by atoms with Crippen molar-refractivity contribution in [1.82, 2.24) is 20.0 Å². The van der Waals surface area contributed by atoms with Gasteiger partial charge >= 0.3 is 0 Å². The van der Waals surface area contributed by atoms with Crippen LogP contribution in [-0.4, -0.2) is 34.0 Å². The molecule has 2 aliphatic heterocycles. The van der Waals surface area contributed by atoms with Crippen LogP contribution >= 0.6 is 12.4 Å². The lowest BCUT2D eigenvalue weighted by atomic mass is 9.96. The Morgan fingerprint density at radius 1 is 1.28 bits per heavy atom. The lowest BCUT2D eigenvalue weighted by molar-refractivity contribution is 0.197. The highest BCUT2D eigenvalue weighted by Gasteiger charge is 2.32. The SMILES string of the molecule is Cl.F[C@@H]1CNCC[C@@H]1c1nc(-c2c3n(c4ccccc24)CCC3)no1. The minimum atomic E-state index is -0.969. The number of nitrogens with zero attached hydrogens (tertiary/aromatic N) is 3. The van der Waals surface area contributed by atoms with E-state index in [-0.39, 0.29) is 18.3 Å². The van der Waals surface area contributed by atoms with Crippen LogP contribution in [0.3, 0.4) is 0 Å². The van der Waals surface area contributed by atoms with Crippen LogP contribution in [0.15, 0.2) is 28.8 Å². The van der Waals surface area contributed by atoms with E-state index in [0.29, 0.717) is 24.7 Å². The first-order valence-electron chi connectivity index (χ1n) is 8.62. The number of piperidine rings is 1. The zero-order valence-electron chi connectivity index (χ0n) is 13.7. The van der Waals surface area contributed by atoms with E-state index in [9.17, 15) is 4.39 Å². The third kappa shape index (κ3) is 2.55. The normalized spacial score (nSPS) is 22.8. The molecule has 0 bridgehead atoms. The summed E-state index contributed by atoms with van der Waals surface area (Å²) in [6, 6.07) is 8.34. The summed E-state index contributed by atoms with van der Waals surface area (Å²) in [5, 5.41) is 8.42. The number of benzene rings is 1. The van der Waals surface area contributed by atoms with Gasteiger partial charge in [0.1, 0.15) is 6.17 Å². The van der Waals surface area contributed by atoms with Gasteiger partial charge in [-0.3, -0.25) is 0 Å². The molecule has 2 aromatic heterocycles. The van der Waals surface area contributed by atoms with Crippen molar-refractivity contribution in [3.8, 4) is 11.4 Å². The van der Waals surface area contributed by atoms with Crippen molar-refractivity contribution in [2.45, 2.75) is 37.9 Å². The Bertz CT molecular complexity index is 906. The third-order valence-corrected chi connectivity index (χ3v) is 5.26. The van der Waals surface area contributed by atoms with Gasteiger partial charge in [0.05, 0.1) is 11.5 Å². The molecule has 0 spiro atoms. The fraction of sp³-hybridized carbons (Fsp3) is 0.444. The molecule has 1 fully saturated rings. The van der Waals surface area contributed by atoms with E-state index < -0.39 is 6.17 Å². The standard InChI is InChI=1S/C18H19FN4O.ClH/c19-13-10-20-8-7-11(13)18-21-17(22-24-18)16-12-4-1-2-5-14(12)23-9-3-6-15(16)23;/h1-2,4-5,11,13,20H,3,6-10H2;1H/t11-,13+;/m0./s1. The molecule has 7 heteroatoms. The van der Waals surface area contributed by atoms with Crippen molar-refractivity contribution in [3.05, 3.63) is 35.9 Å². The van der Waals surface area contributed by atoms with Crippen LogP contribution in [0, 0.1) is 0 Å². The topological polar surface area (TPSA) is 55.9 Å². The fourth-order valence-electron chi connectivity index (χ4n) is 4.11. The molecule has 0 saturated carbocycles. The van der Waals surface area contributed by atoms with Gasteiger partial charge in [0, 0.05) is 29.7 Å². The number of aromatic nitrogens is 3.